The summed E-state index contributed by atoms with van der Waals surface area (Å²) >= 11 is 3.64. The van der Waals surface area contributed by atoms with Gasteiger partial charge in [0, 0.05) is 42.8 Å². The van der Waals surface area contributed by atoms with Gasteiger partial charge in [0.1, 0.15) is 5.84 Å². The van der Waals surface area contributed by atoms with Crippen molar-refractivity contribution in [3.05, 3.63) is 40.4 Å². The minimum Gasteiger partial charge on any atom is -0.385 e. The average Bonchev–Trinajstić information content (AvgIpc) is 2.85. The molecule has 0 aromatic heterocycles. The van der Waals surface area contributed by atoms with Crippen LogP contribution in [0.3, 0.4) is 0 Å². The Labute approximate surface area is 139 Å². The van der Waals surface area contributed by atoms with Crippen LogP contribution in [0, 0.1) is 5.41 Å². The van der Waals surface area contributed by atoms with Crippen LogP contribution in [0.5, 0.6) is 0 Å². The van der Waals surface area contributed by atoms with E-state index in [2.05, 4.69) is 58.1 Å². The largest absolute Gasteiger partial charge is 0.385 e. The maximum Gasteiger partial charge on any atom is 0.100 e. The van der Waals surface area contributed by atoms with Crippen LogP contribution in [0.4, 0.5) is 5.69 Å². The zero-order chi connectivity index (χ0) is 15.7. The van der Waals surface area contributed by atoms with Crippen LogP contribution in [-0.4, -0.2) is 26.1 Å². The van der Waals surface area contributed by atoms with Gasteiger partial charge in [0.2, 0.25) is 0 Å². The summed E-state index contributed by atoms with van der Waals surface area (Å²) in [5, 5.41) is 10.9. The summed E-state index contributed by atoms with van der Waals surface area (Å²) in [6.07, 6.45) is 1.66. The highest BCUT2D eigenvalue weighted by Crippen LogP contribution is 2.42. The fourth-order valence-corrected chi connectivity index (χ4v) is 3.82. The van der Waals surface area contributed by atoms with E-state index >= 15 is 0 Å². The number of halogens is 1. The number of hydrogen-bond donors (Lipinski definition) is 1. The van der Waals surface area contributed by atoms with Gasteiger partial charge < -0.3 is 9.64 Å². The molecule has 0 radical (unpaired) electrons. The van der Waals surface area contributed by atoms with Crippen molar-refractivity contribution in [1.29, 1.82) is 5.41 Å². The maximum absolute atomic E-state index is 8.40. The van der Waals surface area contributed by atoms with Crippen LogP contribution in [0.15, 0.2) is 34.8 Å². The van der Waals surface area contributed by atoms with Crippen LogP contribution >= 0.6 is 15.9 Å². The summed E-state index contributed by atoms with van der Waals surface area (Å²) in [7, 11) is 1.71. The molecular formula is C18H21BrN2O. The second-order valence-electron chi connectivity index (χ2n) is 5.89. The quantitative estimate of drug-likeness (QED) is 0.476. The number of methoxy groups -OCH3 is 1. The highest BCUT2D eigenvalue weighted by Gasteiger charge is 2.29. The van der Waals surface area contributed by atoms with Gasteiger partial charge in [0.25, 0.3) is 0 Å². The molecule has 0 saturated carbocycles. The molecule has 4 heteroatoms. The lowest BCUT2D eigenvalue weighted by molar-refractivity contribution is 0.196. The summed E-state index contributed by atoms with van der Waals surface area (Å²) in [5.41, 5.74) is 2.57. The second kappa shape index (κ2) is 6.39. The average molecular weight is 361 g/mol. The number of nitrogens with one attached hydrogen (secondary N) is 1. The van der Waals surface area contributed by atoms with Gasteiger partial charge in [-0.3, -0.25) is 5.41 Å². The molecule has 0 saturated heterocycles. The highest BCUT2D eigenvalue weighted by molar-refractivity contribution is 9.10. The van der Waals surface area contributed by atoms with E-state index in [1.807, 2.05) is 0 Å². The van der Waals surface area contributed by atoms with Crippen molar-refractivity contribution in [3.8, 4) is 0 Å². The zero-order valence-electron chi connectivity index (χ0n) is 13.0. The molecule has 116 valence electrons. The lowest BCUT2D eigenvalue weighted by Gasteiger charge is -2.20. The van der Waals surface area contributed by atoms with Crippen LogP contribution in [0.25, 0.3) is 10.8 Å². The first-order chi connectivity index (χ1) is 10.6. The Morgan fingerprint density at radius 1 is 1.32 bits per heavy atom. The molecule has 1 N–H and O–H groups in total. The van der Waals surface area contributed by atoms with E-state index in [9.17, 15) is 0 Å². The first kappa shape index (κ1) is 15.5. The molecule has 1 unspecified atom stereocenters. The first-order valence-corrected chi connectivity index (χ1v) is 8.47. The highest BCUT2D eigenvalue weighted by atomic mass is 79.9. The molecule has 0 spiro atoms. The molecule has 3 rings (SSSR count). The minimum atomic E-state index is 0.441. The molecule has 0 aliphatic carbocycles. The van der Waals surface area contributed by atoms with E-state index < -0.39 is 0 Å². The van der Waals surface area contributed by atoms with Crippen molar-refractivity contribution >= 4 is 38.2 Å². The minimum absolute atomic E-state index is 0.441. The molecule has 1 aliphatic heterocycles. The number of hydrogen-bond acceptors (Lipinski definition) is 2. The van der Waals surface area contributed by atoms with Crippen molar-refractivity contribution < 1.29 is 4.74 Å². The molecule has 0 bridgehead atoms. The molecule has 0 amide bonds. The molecule has 1 atom stereocenters. The summed E-state index contributed by atoms with van der Waals surface area (Å²) in [6.45, 7) is 3.86. The SMILES string of the molecule is COCCCC(=N)N1CC(C)c2c1ccc1c(Br)cccc21. The van der Waals surface area contributed by atoms with E-state index in [4.69, 9.17) is 10.1 Å². The van der Waals surface area contributed by atoms with Crippen LogP contribution in [0.1, 0.15) is 31.2 Å². The molecule has 1 aliphatic rings. The van der Waals surface area contributed by atoms with Crippen molar-refractivity contribution in [1.82, 2.24) is 0 Å². The van der Waals surface area contributed by atoms with Crippen molar-refractivity contribution in [2.24, 2.45) is 0 Å². The smallest absolute Gasteiger partial charge is 0.100 e. The van der Waals surface area contributed by atoms with Crippen LogP contribution in [-0.2, 0) is 4.74 Å². The van der Waals surface area contributed by atoms with Gasteiger partial charge in [0.05, 0.1) is 0 Å². The third-order valence-corrected chi connectivity index (χ3v) is 5.05. The van der Waals surface area contributed by atoms with E-state index in [1.165, 1.54) is 22.0 Å². The van der Waals surface area contributed by atoms with Gasteiger partial charge in [0.15, 0.2) is 0 Å². The number of fused-ring (bicyclic) bond motifs is 3. The predicted molar refractivity (Wildman–Crippen MR) is 96.2 cm³/mol. The van der Waals surface area contributed by atoms with Crippen LogP contribution in [0.2, 0.25) is 0 Å². The summed E-state index contributed by atoms with van der Waals surface area (Å²) in [5.74, 6) is 1.13. The van der Waals surface area contributed by atoms with Crippen LogP contribution < -0.4 is 4.90 Å². The number of ether oxygens (including phenoxy) is 1. The Balaban J connectivity index is 1.97. The molecule has 2 aromatic carbocycles. The Morgan fingerprint density at radius 3 is 2.91 bits per heavy atom. The normalized spacial score (nSPS) is 17.0. The van der Waals surface area contributed by atoms with Crippen molar-refractivity contribution in [2.45, 2.75) is 25.7 Å². The second-order valence-corrected chi connectivity index (χ2v) is 6.74. The third-order valence-electron chi connectivity index (χ3n) is 4.35. The Bertz CT molecular complexity index is 714. The summed E-state index contributed by atoms with van der Waals surface area (Å²) in [4.78, 5) is 2.16. The van der Waals surface area contributed by atoms with Gasteiger partial charge in [-0.25, -0.2) is 0 Å². The topological polar surface area (TPSA) is 36.3 Å². The Kier molecular flexibility index (Phi) is 4.50. The predicted octanol–water partition coefficient (Wildman–Crippen LogP) is 4.93. The summed E-state index contributed by atoms with van der Waals surface area (Å²) < 4.78 is 6.23. The number of anilines is 1. The Morgan fingerprint density at radius 2 is 2.14 bits per heavy atom. The number of nitrogens with zero attached hydrogens (tertiary/aromatic N) is 1. The van der Waals surface area contributed by atoms with Crippen molar-refractivity contribution in [3.63, 3.8) is 0 Å². The number of rotatable bonds is 4. The maximum atomic E-state index is 8.40. The number of benzene rings is 2. The lowest BCUT2D eigenvalue weighted by atomic mass is 9.96. The van der Waals surface area contributed by atoms with Gasteiger partial charge in [-0.15, -0.1) is 0 Å². The third kappa shape index (κ3) is 2.66. The van der Waals surface area contributed by atoms with Gasteiger partial charge in [-0.1, -0.05) is 41.1 Å². The molecule has 3 nitrogen and oxygen atoms in total. The van der Waals surface area contributed by atoms with Gasteiger partial charge >= 0.3 is 0 Å². The molecule has 1 heterocycles. The van der Waals surface area contributed by atoms with Gasteiger partial charge in [-0.05, 0) is 34.9 Å². The Hall–Kier alpha value is -1.39. The van der Waals surface area contributed by atoms with E-state index in [0.29, 0.717) is 18.4 Å². The lowest BCUT2D eigenvalue weighted by Crippen LogP contribution is -2.28. The molecule has 0 fully saturated rings. The van der Waals surface area contributed by atoms with E-state index in [1.54, 1.807) is 7.11 Å². The molecule has 22 heavy (non-hydrogen) atoms. The van der Waals surface area contributed by atoms with Gasteiger partial charge in [-0.2, -0.15) is 0 Å². The number of amidine groups is 1. The monoisotopic (exact) mass is 360 g/mol. The van der Waals surface area contributed by atoms with E-state index in [0.717, 1.165) is 23.9 Å². The zero-order valence-corrected chi connectivity index (χ0v) is 14.6. The first-order valence-electron chi connectivity index (χ1n) is 7.68. The summed E-state index contributed by atoms with van der Waals surface area (Å²) in [6, 6.07) is 10.7. The van der Waals surface area contributed by atoms with E-state index in [-0.39, 0.29) is 0 Å². The molecular weight excluding hydrogens is 340 g/mol. The van der Waals surface area contributed by atoms with Crippen molar-refractivity contribution in [2.75, 3.05) is 25.2 Å². The fraction of sp³-hybridized carbons (Fsp3) is 0.389. The molecule has 2 aromatic rings. The standard InChI is InChI=1S/C18H21BrN2O/c1-12-11-21(17(20)7-4-10-22-2)16-9-8-13-14(18(12)16)5-3-6-15(13)19/h3,5-6,8-9,12,20H,4,7,10-11H2,1-2H3. The fourth-order valence-electron chi connectivity index (χ4n) is 3.32.